The highest BCUT2D eigenvalue weighted by Gasteiger charge is 2.22. The fourth-order valence-corrected chi connectivity index (χ4v) is 2.01. The number of aromatic nitrogens is 2. The molecular weight excluding hydrogens is 284 g/mol. The van der Waals surface area contributed by atoms with Crippen LogP contribution in [0.1, 0.15) is 0 Å². The van der Waals surface area contributed by atoms with Crippen LogP contribution < -0.4 is 5.32 Å². The molecule has 0 spiro atoms. The summed E-state index contributed by atoms with van der Waals surface area (Å²) in [5, 5.41) is 21.8. The number of fused-ring (bicyclic) bond motifs is 1. The van der Waals surface area contributed by atoms with Crippen LogP contribution in [0.25, 0.3) is 11.0 Å². The molecule has 1 N–H and O–H groups in total. The summed E-state index contributed by atoms with van der Waals surface area (Å²) in [4.78, 5) is 10.7. The number of halogens is 1. The largest absolute Gasteiger partial charge is 0.349 e. The second-order valence-corrected chi connectivity index (χ2v) is 4.36. The summed E-state index contributed by atoms with van der Waals surface area (Å²) >= 11 is 6.02. The third-order valence-corrected chi connectivity index (χ3v) is 3.06. The number of nitro benzene ring substituents is 1. The van der Waals surface area contributed by atoms with Crippen molar-refractivity contribution >= 4 is 39.7 Å². The molecule has 7 nitrogen and oxygen atoms in total. The average molecular weight is 291 g/mol. The number of nitrogens with one attached hydrogen (secondary N) is 1. The molecule has 0 aliphatic rings. The standard InChI is InChI=1S/C12H7ClN4O3/c13-7-3-1-2-4-8(7)14-10-6-5-9-11(16-20-15-9)12(10)17(18)19/h1-6,14H. The van der Waals surface area contributed by atoms with Crippen molar-refractivity contribution < 1.29 is 9.55 Å². The number of hydrogen-bond donors (Lipinski definition) is 1. The van der Waals surface area contributed by atoms with E-state index >= 15 is 0 Å². The molecule has 0 bridgehead atoms. The van der Waals surface area contributed by atoms with Gasteiger partial charge in [0, 0.05) is 0 Å². The Hall–Kier alpha value is -2.67. The van der Waals surface area contributed by atoms with Crippen LogP contribution in [0.4, 0.5) is 17.1 Å². The predicted octanol–water partition coefficient (Wildman–Crippen LogP) is 3.53. The molecule has 100 valence electrons. The first-order chi connectivity index (χ1) is 9.66. The predicted molar refractivity (Wildman–Crippen MR) is 73.2 cm³/mol. The van der Waals surface area contributed by atoms with Crippen LogP contribution in [0, 0.1) is 10.1 Å². The first-order valence-corrected chi connectivity index (χ1v) is 5.96. The molecule has 0 amide bonds. The summed E-state index contributed by atoms with van der Waals surface area (Å²) in [5.74, 6) is 0. The van der Waals surface area contributed by atoms with E-state index < -0.39 is 4.92 Å². The van der Waals surface area contributed by atoms with Crippen molar-refractivity contribution in [1.29, 1.82) is 0 Å². The van der Waals surface area contributed by atoms with E-state index in [1.807, 2.05) is 0 Å². The zero-order valence-electron chi connectivity index (χ0n) is 9.91. The maximum absolute atomic E-state index is 11.2. The molecule has 0 radical (unpaired) electrons. The van der Waals surface area contributed by atoms with Gasteiger partial charge in [0.2, 0.25) is 5.52 Å². The number of para-hydroxylation sites is 1. The Morgan fingerprint density at radius 1 is 1.15 bits per heavy atom. The Kier molecular flexibility index (Phi) is 2.96. The Labute approximate surface area is 117 Å². The van der Waals surface area contributed by atoms with Gasteiger partial charge in [0.05, 0.1) is 15.6 Å². The zero-order valence-corrected chi connectivity index (χ0v) is 10.7. The average Bonchev–Trinajstić information content (AvgIpc) is 2.88. The Balaban J connectivity index is 2.14. The van der Waals surface area contributed by atoms with Gasteiger partial charge in [-0.1, -0.05) is 23.7 Å². The van der Waals surface area contributed by atoms with Gasteiger partial charge in [-0.25, -0.2) is 4.63 Å². The molecule has 20 heavy (non-hydrogen) atoms. The lowest BCUT2D eigenvalue weighted by Crippen LogP contribution is -1.98. The number of benzene rings is 2. The smallest absolute Gasteiger partial charge is 0.323 e. The maximum atomic E-state index is 11.2. The summed E-state index contributed by atoms with van der Waals surface area (Å²) in [6.45, 7) is 0. The summed E-state index contributed by atoms with van der Waals surface area (Å²) in [7, 11) is 0. The number of nitrogens with zero attached hydrogens (tertiary/aromatic N) is 3. The summed E-state index contributed by atoms with van der Waals surface area (Å²) < 4.78 is 4.53. The van der Waals surface area contributed by atoms with Gasteiger partial charge in [0.1, 0.15) is 11.2 Å². The van der Waals surface area contributed by atoms with Crippen molar-refractivity contribution in [1.82, 2.24) is 10.3 Å². The molecule has 0 atom stereocenters. The molecule has 0 saturated heterocycles. The Morgan fingerprint density at radius 2 is 1.95 bits per heavy atom. The van der Waals surface area contributed by atoms with Crippen molar-refractivity contribution in [2.24, 2.45) is 0 Å². The van der Waals surface area contributed by atoms with E-state index in [1.165, 1.54) is 6.07 Å². The SMILES string of the molecule is O=[N+]([O-])c1c(Nc2ccccc2Cl)ccc2nonc12. The van der Waals surface area contributed by atoms with Gasteiger partial charge in [0.25, 0.3) is 0 Å². The fourth-order valence-electron chi connectivity index (χ4n) is 1.83. The lowest BCUT2D eigenvalue weighted by Gasteiger charge is -2.08. The molecule has 0 saturated carbocycles. The van der Waals surface area contributed by atoms with E-state index in [9.17, 15) is 10.1 Å². The van der Waals surface area contributed by atoms with Gasteiger partial charge in [-0.3, -0.25) is 10.1 Å². The van der Waals surface area contributed by atoms with E-state index in [1.54, 1.807) is 30.3 Å². The number of rotatable bonds is 3. The topological polar surface area (TPSA) is 94.1 Å². The van der Waals surface area contributed by atoms with Crippen LogP contribution in [-0.4, -0.2) is 15.2 Å². The maximum Gasteiger partial charge on any atom is 0.323 e. The van der Waals surface area contributed by atoms with Gasteiger partial charge in [-0.05, 0) is 34.6 Å². The second kappa shape index (κ2) is 4.78. The van der Waals surface area contributed by atoms with Crippen LogP contribution in [0.5, 0.6) is 0 Å². The highest BCUT2D eigenvalue weighted by atomic mass is 35.5. The minimum Gasteiger partial charge on any atom is -0.349 e. The lowest BCUT2D eigenvalue weighted by molar-refractivity contribution is -0.382. The van der Waals surface area contributed by atoms with E-state index in [4.69, 9.17) is 11.6 Å². The molecule has 8 heteroatoms. The molecular formula is C12H7ClN4O3. The van der Waals surface area contributed by atoms with Gasteiger partial charge < -0.3 is 5.32 Å². The third kappa shape index (κ3) is 2.04. The van der Waals surface area contributed by atoms with Crippen LogP contribution >= 0.6 is 11.6 Å². The van der Waals surface area contributed by atoms with E-state index in [2.05, 4.69) is 20.3 Å². The van der Waals surface area contributed by atoms with Crippen LogP contribution in [0.2, 0.25) is 5.02 Å². The van der Waals surface area contributed by atoms with Crippen LogP contribution in [0.15, 0.2) is 41.0 Å². The van der Waals surface area contributed by atoms with Crippen molar-refractivity contribution in [2.75, 3.05) is 5.32 Å². The molecule has 0 aliphatic carbocycles. The van der Waals surface area contributed by atoms with Crippen molar-refractivity contribution in [3.63, 3.8) is 0 Å². The first-order valence-electron chi connectivity index (χ1n) is 5.58. The minimum atomic E-state index is -0.536. The van der Waals surface area contributed by atoms with Crippen molar-refractivity contribution in [2.45, 2.75) is 0 Å². The first kappa shape index (κ1) is 12.4. The molecule has 2 aromatic carbocycles. The molecule has 3 aromatic rings. The fraction of sp³-hybridized carbons (Fsp3) is 0. The Morgan fingerprint density at radius 3 is 2.70 bits per heavy atom. The van der Waals surface area contributed by atoms with Crippen molar-refractivity contribution in [3.8, 4) is 0 Å². The molecule has 1 aromatic heterocycles. The normalized spacial score (nSPS) is 10.7. The lowest BCUT2D eigenvalue weighted by atomic mass is 10.2. The van der Waals surface area contributed by atoms with Crippen LogP contribution in [0.3, 0.4) is 0 Å². The molecule has 3 rings (SSSR count). The monoisotopic (exact) mass is 290 g/mol. The second-order valence-electron chi connectivity index (χ2n) is 3.96. The third-order valence-electron chi connectivity index (χ3n) is 2.73. The van der Waals surface area contributed by atoms with E-state index in [0.717, 1.165) is 0 Å². The zero-order chi connectivity index (χ0) is 14.1. The summed E-state index contributed by atoms with van der Waals surface area (Å²) in [6, 6.07) is 10.1. The van der Waals surface area contributed by atoms with Gasteiger partial charge in [-0.15, -0.1) is 0 Å². The molecule has 0 aliphatic heterocycles. The van der Waals surface area contributed by atoms with Gasteiger partial charge >= 0.3 is 5.69 Å². The number of hydrogen-bond acceptors (Lipinski definition) is 6. The highest BCUT2D eigenvalue weighted by Crippen LogP contribution is 2.35. The molecule has 0 fully saturated rings. The summed E-state index contributed by atoms with van der Waals surface area (Å²) in [5.41, 5.74) is 1.04. The minimum absolute atomic E-state index is 0.0899. The van der Waals surface area contributed by atoms with Gasteiger partial charge in [0.15, 0.2) is 0 Å². The summed E-state index contributed by atoms with van der Waals surface area (Å²) in [6.07, 6.45) is 0. The van der Waals surface area contributed by atoms with E-state index in [-0.39, 0.29) is 16.9 Å². The number of nitro groups is 1. The number of anilines is 2. The van der Waals surface area contributed by atoms with Crippen molar-refractivity contribution in [3.05, 3.63) is 51.5 Å². The van der Waals surface area contributed by atoms with Crippen LogP contribution in [-0.2, 0) is 0 Å². The van der Waals surface area contributed by atoms with Gasteiger partial charge in [-0.2, -0.15) is 0 Å². The quantitative estimate of drug-likeness (QED) is 0.586. The molecule has 0 unspecified atom stereocenters. The van der Waals surface area contributed by atoms with E-state index in [0.29, 0.717) is 16.2 Å². The highest BCUT2D eigenvalue weighted by molar-refractivity contribution is 6.33. The Bertz CT molecular complexity index is 802. The molecule has 1 heterocycles.